The maximum absolute atomic E-state index is 12.5. The molecule has 1 aromatic heterocycles. The average molecular weight is 399 g/mol. The van der Waals surface area contributed by atoms with Crippen LogP contribution in [0.5, 0.6) is 5.75 Å². The summed E-state index contributed by atoms with van der Waals surface area (Å²) in [6, 6.07) is 8.89. The molecule has 0 spiro atoms. The number of hydrogen-bond donors (Lipinski definition) is 1. The predicted molar refractivity (Wildman–Crippen MR) is 95.8 cm³/mol. The Morgan fingerprint density at radius 1 is 1.12 bits per heavy atom. The van der Waals surface area contributed by atoms with Gasteiger partial charge in [0.2, 0.25) is 0 Å². The van der Waals surface area contributed by atoms with Gasteiger partial charge in [-0.15, -0.1) is 0 Å². The van der Waals surface area contributed by atoms with Crippen molar-refractivity contribution in [1.29, 1.82) is 0 Å². The van der Waals surface area contributed by atoms with Crippen molar-refractivity contribution in [2.24, 2.45) is 0 Å². The second kappa shape index (κ2) is 6.95. The average Bonchev–Trinajstić information content (AvgIpc) is 3.11. The molecule has 9 heteroatoms. The number of hydrogen-bond acceptors (Lipinski definition) is 5. The number of methoxy groups -OCH3 is 1. The summed E-state index contributed by atoms with van der Waals surface area (Å²) in [6.45, 7) is 0. The Balaban J connectivity index is 1.93. The second-order valence-corrected chi connectivity index (χ2v) is 7.46. The van der Waals surface area contributed by atoms with Gasteiger partial charge >= 0.3 is 0 Å². The first-order valence-electron chi connectivity index (χ1n) is 6.95. The zero-order valence-electron chi connectivity index (χ0n) is 12.9. The summed E-state index contributed by atoms with van der Waals surface area (Å²) in [5.41, 5.74) is 0.976. The van der Waals surface area contributed by atoms with E-state index in [1.807, 2.05) is 0 Å². The van der Waals surface area contributed by atoms with Crippen molar-refractivity contribution >= 4 is 38.9 Å². The SMILES string of the molecule is COc1cc(NS(=O)(=O)c2ccc(Cl)c(Cl)c2)ccc1-c1cnco1. The summed E-state index contributed by atoms with van der Waals surface area (Å²) >= 11 is 11.7. The van der Waals surface area contributed by atoms with Gasteiger partial charge < -0.3 is 9.15 Å². The zero-order chi connectivity index (χ0) is 18.0. The Hall–Kier alpha value is -2.22. The van der Waals surface area contributed by atoms with Crippen LogP contribution in [0.3, 0.4) is 0 Å². The molecule has 0 atom stereocenters. The number of aromatic nitrogens is 1. The molecule has 3 rings (SSSR count). The van der Waals surface area contributed by atoms with Crippen LogP contribution in [0.25, 0.3) is 11.3 Å². The van der Waals surface area contributed by atoms with Gasteiger partial charge in [-0.2, -0.15) is 0 Å². The van der Waals surface area contributed by atoms with Crippen LogP contribution < -0.4 is 9.46 Å². The second-order valence-electron chi connectivity index (χ2n) is 4.96. The molecule has 1 N–H and O–H groups in total. The highest BCUT2D eigenvalue weighted by Crippen LogP contribution is 2.33. The zero-order valence-corrected chi connectivity index (χ0v) is 15.2. The fourth-order valence-electron chi connectivity index (χ4n) is 2.17. The molecule has 0 amide bonds. The van der Waals surface area contributed by atoms with Gasteiger partial charge in [-0.3, -0.25) is 4.72 Å². The molecule has 6 nitrogen and oxygen atoms in total. The topological polar surface area (TPSA) is 81.4 Å². The van der Waals surface area contributed by atoms with Gasteiger partial charge in [0.15, 0.2) is 12.2 Å². The molecule has 3 aromatic rings. The number of ether oxygens (including phenoxy) is 1. The Labute approximate surface area is 154 Å². The van der Waals surface area contributed by atoms with Gasteiger partial charge in [-0.05, 0) is 30.3 Å². The van der Waals surface area contributed by atoms with Crippen LogP contribution in [0, 0.1) is 0 Å². The molecule has 0 bridgehead atoms. The summed E-state index contributed by atoms with van der Waals surface area (Å²) in [5, 5.41) is 0.432. The van der Waals surface area contributed by atoms with Crippen molar-refractivity contribution in [2.75, 3.05) is 11.8 Å². The minimum Gasteiger partial charge on any atom is -0.496 e. The summed E-state index contributed by atoms with van der Waals surface area (Å²) < 4.78 is 38.0. The van der Waals surface area contributed by atoms with Crippen molar-refractivity contribution in [3.05, 3.63) is 59.0 Å². The first-order chi connectivity index (χ1) is 11.9. The fraction of sp³-hybridized carbons (Fsp3) is 0.0625. The normalized spacial score (nSPS) is 11.3. The van der Waals surface area contributed by atoms with E-state index in [-0.39, 0.29) is 14.9 Å². The van der Waals surface area contributed by atoms with E-state index in [0.29, 0.717) is 22.8 Å². The van der Waals surface area contributed by atoms with Crippen molar-refractivity contribution in [3.63, 3.8) is 0 Å². The van der Waals surface area contributed by atoms with Crippen molar-refractivity contribution in [3.8, 4) is 17.1 Å². The Kier molecular flexibility index (Phi) is 4.89. The third-order valence-electron chi connectivity index (χ3n) is 3.35. The molecule has 0 radical (unpaired) electrons. The van der Waals surface area contributed by atoms with E-state index in [9.17, 15) is 8.42 Å². The van der Waals surface area contributed by atoms with Crippen LogP contribution in [-0.2, 0) is 10.0 Å². The minimum atomic E-state index is -3.83. The Morgan fingerprint density at radius 2 is 1.92 bits per heavy atom. The quantitative estimate of drug-likeness (QED) is 0.685. The van der Waals surface area contributed by atoms with Crippen LogP contribution in [0.15, 0.2) is 58.3 Å². The summed E-state index contributed by atoms with van der Waals surface area (Å²) in [5.74, 6) is 0.946. The predicted octanol–water partition coefficient (Wildman–Crippen LogP) is 4.46. The monoisotopic (exact) mass is 398 g/mol. The van der Waals surface area contributed by atoms with Crippen LogP contribution in [0.1, 0.15) is 0 Å². The molecular weight excluding hydrogens is 387 g/mol. The Morgan fingerprint density at radius 3 is 2.56 bits per heavy atom. The molecule has 0 unspecified atom stereocenters. The molecule has 0 fully saturated rings. The minimum absolute atomic E-state index is 0.000165. The van der Waals surface area contributed by atoms with Crippen LogP contribution >= 0.6 is 23.2 Å². The number of nitrogens with one attached hydrogen (secondary N) is 1. The molecule has 0 aliphatic carbocycles. The van der Waals surface area contributed by atoms with E-state index in [1.165, 1.54) is 37.9 Å². The summed E-state index contributed by atoms with van der Waals surface area (Å²) in [7, 11) is -2.35. The third kappa shape index (κ3) is 3.73. The number of oxazole rings is 1. The van der Waals surface area contributed by atoms with E-state index >= 15 is 0 Å². The molecule has 0 saturated heterocycles. The van der Waals surface area contributed by atoms with Gasteiger partial charge in [0.1, 0.15) is 5.75 Å². The van der Waals surface area contributed by atoms with Crippen molar-refractivity contribution in [1.82, 2.24) is 4.98 Å². The molecule has 0 saturated carbocycles. The van der Waals surface area contributed by atoms with Crippen molar-refractivity contribution in [2.45, 2.75) is 4.90 Å². The summed E-state index contributed by atoms with van der Waals surface area (Å²) in [6.07, 6.45) is 2.84. The van der Waals surface area contributed by atoms with Gasteiger partial charge in [0.25, 0.3) is 10.0 Å². The van der Waals surface area contributed by atoms with E-state index < -0.39 is 10.0 Å². The highest BCUT2D eigenvalue weighted by Gasteiger charge is 2.17. The van der Waals surface area contributed by atoms with Gasteiger partial charge in [0, 0.05) is 6.07 Å². The lowest BCUT2D eigenvalue weighted by molar-refractivity contribution is 0.415. The standard InChI is InChI=1S/C16H12Cl2N2O4S/c1-23-15-6-10(2-4-12(15)16-8-19-9-24-16)20-25(21,22)11-3-5-13(17)14(18)7-11/h2-9,20H,1H3. The lowest BCUT2D eigenvalue weighted by Crippen LogP contribution is -2.13. The van der Waals surface area contributed by atoms with Crippen LogP contribution in [0.2, 0.25) is 10.0 Å². The largest absolute Gasteiger partial charge is 0.496 e. The number of halogens is 2. The molecular formula is C16H12Cl2N2O4S. The molecule has 0 aliphatic rings. The lowest BCUT2D eigenvalue weighted by atomic mass is 10.1. The molecule has 130 valence electrons. The Bertz CT molecular complexity index is 1000. The highest BCUT2D eigenvalue weighted by molar-refractivity contribution is 7.92. The summed E-state index contributed by atoms with van der Waals surface area (Å²) in [4.78, 5) is 3.85. The smallest absolute Gasteiger partial charge is 0.261 e. The molecule has 0 aliphatic heterocycles. The lowest BCUT2D eigenvalue weighted by Gasteiger charge is -2.12. The van der Waals surface area contributed by atoms with Gasteiger partial charge in [0.05, 0.1) is 39.5 Å². The van der Waals surface area contributed by atoms with Crippen LogP contribution in [-0.4, -0.2) is 20.5 Å². The van der Waals surface area contributed by atoms with Crippen molar-refractivity contribution < 1.29 is 17.6 Å². The number of rotatable bonds is 5. The first kappa shape index (κ1) is 17.6. The number of nitrogens with zero attached hydrogens (tertiary/aromatic N) is 1. The third-order valence-corrected chi connectivity index (χ3v) is 5.47. The molecule has 25 heavy (non-hydrogen) atoms. The number of benzene rings is 2. The molecule has 2 aromatic carbocycles. The maximum Gasteiger partial charge on any atom is 0.261 e. The van der Waals surface area contributed by atoms with E-state index in [2.05, 4.69) is 9.71 Å². The maximum atomic E-state index is 12.5. The van der Waals surface area contributed by atoms with E-state index in [0.717, 1.165) is 0 Å². The van der Waals surface area contributed by atoms with E-state index in [1.54, 1.807) is 18.2 Å². The fourth-order valence-corrected chi connectivity index (χ4v) is 3.60. The van der Waals surface area contributed by atoms with Gasteiger partial charge in [-0.25, -0.2) is 13.4 Å². The van der Waals surface area contributed by atoms with E-state index in [4.69, 9.17) is 32.4 Å². The van der Waals surface area contributed by atoms with Gasteiger partial charge in [-0.1, -0.05) is 23.2 Å². The molecule has 1 heterocycles. The first-order valence-corrected chi connectivity index (χ1v) is 9.19. The number of anilines is 1. The number of sulfonamides is 1. The highest BCUT2D eigenvalue weighted by atomic mass is 35.5. The van der Waals surface area contributed by atoms with Crippen LogP contribution in [0.4, 0.5) is 5.69 Å².